The minimum Gasteiger partial charge on any atom is -0.481 e. The second-order valence-electron chi connectivity index (χ2n) is 6.39. The number of carbonyl (C=O) groups is 2. The van der Waals surface area contributed by atoms with Crippen molar-refractivity contribution >= 4 is 23.2 Å². The fourth-order valence-corrected chi connectivity index (χ4v) is 3.38. The largest absolute Gasteiger partial charge is 0.481 e. The van der Waals surface area contributed by atoms with Crippen molar-refractivity contribution in [1.82, 2.24) is 5.32 Å². The number of thiophene rings is 1. The van der Waals surface area contributed by atoms with Gasteiger partial charge in [-0.05, 0) is 43.7 Å². The second kappa shape index (κ2) is 8.11. The molecule has 0 saturated heterocycles. The van der Waals surface area contributed by atoms with Gasteiger partial charge in [0.15, 0.2) is 0 Å². The molecule has 2 rings (SSSR count). The Morgan fingerprint density at radius 1 is 1.17 bits per heavy atom. The molecule has 0 saturated carbocycles. The SMILES string of the molecule is CC(C)(C(=O)NC(CCC(=O)O)Cc1ccccc1)c1cccs1. The lowest BCUT2D eigenvalue weighted by Gasteiger charge is -2.26. The summed E-state index contributed by atoms with van der Waals surface area (Å²) in [5.74, 6) is -0.920. The maximum absolute atomic E-state index is 12.8. The number of hydrogen-bond donors (Lipinski definition) is 2. The Morgan fingerprint density at radius 3 is 2.46 bits per heavy atom. The van der Waals surface area contributed by atoms with E-state index in [1.165, 1.54) is 0 Å². The molecule has 1 unspecified atom stereocenters. The first-order valence-electron chi connectivity index (χ1n) is 8.00. The van der Waals surface area contributed by atoms with Crippen molar-refractivity contribution in [3.63, 3.8) is 0 Å². The molecule has 128 valence electrons. The van der Waals surface area contributed by atoms with Gasteiger partial charge in [0, 0.05) is 17.3 Å². The molecular weight excluding hydrogens is 322 g/mol. The van der Waals surface area contributed by atoms with Crippen LogP contribution >= 0.6 is 11.3 Å². The highest BCUT2D eigenvalue weighted by molar-refractivity contribution is 7.10. The number of aliphatic carboxylic acids is 1. The van der Waals surface area contributed by atoms with Crippen LogP contribution in [0, 0.1) is 0 Å². The Balaban J connectivity index is 2.08. The van der Waals surface area contributed by atoms with Crippen molar-refractivity contribution in [3.8, 4) is 0 Å². The average molecular weight is 345 g/mol. The summed E-state index contributed by atoms with van der Waals surface area (Å²) in [7, 11) is 0. The predicted molar refractivity (Wildman–Crippen MR) is 96.3 cm³/mol. The van der Waals surface area contributed by atoms with Crippen LogP contribution in [0.25, 0.3) is 0 Å². The van der Waals surface area contributed by atoms with E-state index in [1.54, 1.807) is 11.3 Å². The standard InChI is InChI=1S/C19H23NO3S/c1-19(2,16-9-6-12-24-16)18(23)20-15(10-11-17(21)22)13-14-7-4-3-5-8-14/h3-9,12,15H,10-11,13H2,1-2H3,(H,20,23)(H,21,22). The van der Waals surface area contributed by atoms with Gasteiger partial charge in [-0.1, -0.05) is 36.4 Å². The van der Waals surface area contributed by atoms with Gasteiger partial charge in [0.2, 0.25) is 5.91 Å². The average Bonchev–Trinajstić information content (AvgIpc) is 3.08. The van der Waals surface area contributed by atoms with E-state index in [4.69, 9.17) is 5.11 Å². The number of amides is 1. The molecule has 0 aliphatic rings. The third-order valence-electron chi connectivity index (χ3n) is 4.07. The molecule has 1 atom stereocenters. The molecule has 0 fully saturated rings. The molecule has 0 spiro atoms. The number of carbonyl (C=O) groups excluding carboxylic acids is 1. The van der Waals surface area contributed by atoms with Crippen molar-refractivity contribution in [2.24, 2.45) is 0 Å². The van der Waals surface area contributed by atoms with Gasteiger partial charge in [-0.25, -0.2) is 0 Å². The van der Waals surface area contributed by atoms with E-state index in [2.05, 4.69) is 5.32 Å². The summed E-state index contributed by atoms with van der Waals surface area (Å²) in [6.45, 7) is 3.79. The van der Waals surface area contributed by atoms with E-state index in [9.17, 15) is 9.59 Å². The zero-order valence-corrected chi connectivity index (χ0v) is 14.8. The Labute approximate surface area is 146 Å². The quantitative estimate of drug-likeness (QED) is 0.768. The van der Waals surface area contributed by atoms with Gasteiger partial charge in [0.25, 0.3) is 0 Å². The van der Waals surface area contributed by atoms with Crippen LogP contribution in [-0.4, -0.2) is 23.0 Å². The Kier molecular flexibility index (Phi) is 6.15. The molecule has 24 heavy (non-hydrogen) atoms. The monoisotopic (exact) mass is 345 g/mol. The molecule has 1 amide bonds. The maximum Gasteiger partial charge on any atom is 0.303 e. The van der Waals surface area contributed by atoms with E-state index < -0.39 is 11.4 Å². The lowest BCUT2D eigenvalue weighted by Crippen LogP contribution is -2.45. The summed E-state index contributed by atoms with van der Waals surface area (Å²) in [5.41, 5.74) is 0.453. The summed E-state index contributed by atoms with van der Waals surface area (Å²) in [4.78, 5) is 24.7. The van der Waals surface area contributed by atoms with E-state index in [0.29, 0.717) is 12.8 Å². The fourth-order valence-electron chi connectivity index (χ4n) is 2.53. The van der Waals surface area contributed by atoms with E-state index in [0.717, 1.165) is 10.4 Å². The molecule has 0 bridgehead atoms. The van der Waals surface area contributed by atoms with Gasteiger partial charge in [0.05, 0.1) is 5.41 Å². The van der Waals surface area contributed by atoms with Gasteiger partial charge in [0.1, 0.15) is 0 Å². The summed E-state index contributed by atoms with van der Waals surface area (Å²) in [6.07, 6.45) is 1.08. The smallest absolute Gasteiger partial charge is 0.303 e. The Hall–Kier alpha value is -2.14. The zero-order valence-electron chi connectivity index (χ0n) is 14.0. The minimum absolute atomic E-state index is 0.0389. The first-order valence-corrected chi connectivity index (χ1v) is 8.88. The number of carboxylic acids is 1. The fraction of sp³-hybridized carbons (Fsp3) is 0.368. The number of benzene rings is 1. The molecule has 0 aliphatic heterocycles. The number of carboxylic acid groups (broad SMARTS) is 1. The van der Waals surface area contributed by atoms with E-state index in [1.807, 2.05) is 61.7 Å². The zero-order chi connectivity index (χ0) is 17.6. The summed E-state index contributed by atoms with van der Waals surface area (Å²) < 4.78 is 0. The minimum atomic E-state index is -0.847. The maximum atomic E-state index is 12.8. The summed E-state index contributed by atoms with van der Waals surface area (Å²) in [6, 6.07) is 13.5. The lowest BCUT2D eigenvalue weighted by atomic mass is 9.89. The van der Waals surface area contributed by atoms with Gasteiger partial charge >= 0.3 is 5.97 Å². The van der Waals surface area contributed by atoms with Crippen molar-refractivity contribution in [1.29, 1.82) is 0 Å². The number of nitrogens with one attached hydrogen (secondary N) is 1. The molecule has 5 heteroatoms. The van der Waals surface area contributed by atoms with Gasteiger partial charge < -0.3 is 10.4 Å². The highest BCUT2D eigenvalue weighted by Gasteiger charge is 2.32. The van der Waals surface area contributed by atoms with Crippen LogP contribution in [-0.2, 0) is 21.4 Å². The molecule has 1 aromatic heterocycles. The molecule has 2 N–H and O–H groups in total. The molecule has 0 radical (unpaired) electrons. The van der Waals surface area contributed by atoms with Gasteiger partial charge in [-0.15, -0.1) is 11.3 Å². The molecule has 1 heterocycles. The van der Waals surface area contributed by atoms with Crippen molar-refractivity contribution in [3.05, 3.63) is 58.3 Å². The van der Waals surface area contributed by atoms with Crippen molar-refractivity contribution in [2.45, 2.75) is 44.6 Å². The van der Waals surface area contributed by atoms with Crippen LogP contribution < -0.4 is 5.32 Å². The Morgan fingerprint density at radius 2 is 1.88 bits per heavy atom. The first-order chi connectivity index (χ1) is 11.4. The summed E-state index contributed by atoms with van der Waals surface area (Å²) >= 11 is 1.55. The molecule has 2 aromatic rings. The normalized spacial score (nSPS) is 12.6. The lowest BCUT2D eigenvalue weighted by molar-refractivity contribution is -0.137. The van der Waals surface area contributed by atoms with Crippen LogP contribution in [0.3, 0.4) is 0 Å². The highest BCUT2D eigenvalue weighted by atomic mass is 32.1. The first kappa shape index (κ1) is 18.2. The van der Waals surface area contributed by atoms with Crippen LogP contribution in [0.1, 0.15) is 37.1 Å². The molecule has 1 aromatic carbocycles. The molecular formula is C19H23NO3S. The third kappa shape index (κ3) is 4.93. The van der Waals surface area contributed by atoms with E-state index >= 15 is 0 Å². The van der Waals surface area contributed by atoms with Gasteiger partial charge in [-0.2, -0.15) is 0 Å². The highest BCUT2D eigenvalue weighted by Crippen LogP contribution is 2.28. The third-order valence-corrected chi connectivity index (χ3v) is 5.27. The van der Waals surface area contributed by atoms with Gasteiger partial charge in [-0.3, -0.25) is 9.59 Å². The number of hydrogen-bond acceptors (Lipinski definition) is 3. The Bertz CT molecular complexity index is 665. The molecule has 0 aliphatic carbocycles. The predicted octanol–water partition coefficient (Wildman–Crippen LogP) is 3.62. The summed E-state index contributed by atoms with van der Waals surface area (Å²) in [5, 5.41) is 14.0. The van der Waals surface area contributed by atoms with Crippen molar-refractivity contribution < 1.29 is 14.7 Å². The van der Waals surface area contributed by atoms with Crippen molar-refractivity contribution in [2.75, 3.05) is 0 Å². The van der Waals surface area contributed by atoms with Crippen LogP contribution in [0.4, 0.5) is 0 Å². The van der Waals surface area contributed by atoms with E-state index in [-0.39, 0.29) is 18.4 Å². The molecule has 4 nitrogen and oxygen atoms in total. The van der Waals surface area contributed by atoms with Crippen LogP contribution in [0.15, 0.2) is 47.8 Å². The van der Waals surface area contributed by atoms with Crippen LogP contribution in [0.5, 0.6) is 0 Å². The number of rotatable bonds is 8. The van der Waals surface area contributed by atoms with Crippen LogP contribution in [0.2, 0.25) is 0 Å². The topological polar surface area (TPSA) is 66.4 Å². The second-order valence-corrected chi connectivity index (χ2v) is 7.34.